The van der Waals surface area contributed by atoms with Crippen LogP contribution in [0.15, 0.2) is 12.1 Å². The molecule has 1 aromatic carbocycles. The van der Waals surface area contributed by atoms with Crippen LogP contribution in [0.25, 0.3) is 11.0 Å². The molecule has 1 aromatic heterocycles. The predicted molar refractivity (Wildman–Crippen MR) is 91.0 cm³/mol. The largest absolute Gasteiger partial charge is 0.385 e. The van der Waals surface area contributed by atoms with Crippen molar-refractivity contribution < 1.29 is 5.11 Å². The molecule has 1 aliphatic carbocycles. The first-order chi connectivity index (χ1) is 10.6. The van der Waals surface area contributed by atoms with Crippen molar-refractivity contribution >= 4 is 11.0 Å². The third kappa shape index (κ3) is 3.05. The van der Waals surface area contributed by atoms with E-state index in [1.165, 1.54) is 55.2 Å². The number of hydrogen-bond acceptors (Lipinski definition) is 2. The van der Waals surface area contributed by atoms with E-state index in [4.69, 9.17) is 4.98 Å². The van der Waals surface area contributed by atoms with E-state index >= 15 is 0 Å². The van der Waals surface area contributed by atoms with Gasteiger partial charge in [0.05, 0.1) is 11.0 Å². The van der Waals surface area contributed by atoms with Crippen LogP contribution in [0.4, 0.5) is 0 Å². The van der Waals surface area contributed by atoms with Gasteiger partial charge in [-0.25, -0.2) is 4.98 Å². The highest BCUT2D eigenvalue weighted by molar-refractivity contribution is 5.78. The van der Waals surface area contributed by atoms with Gasteiger partial charge >= 0.3 is 0 Å². The normalized spacial score (nSPS) is 18.0. The summed E-state index contributed by atoms with van der Waals surface area (Å²) in [6.07, 6.45) is 7.61. The average molecular weight is 300 g/mol. The number of imidazole rings is 1. The first kappa shape index (κ1) is 15.5. The molecule has 1 unspecified atom stereocenters. The summed E-state index contributed by atoms with van der Waals surface area (Å²) in [5.41, 5.74) is 4.75. The third-order valence-corrected chi connectivity index (χ3v) is 5.25. The van der Waals surface area contributed by atoms with Gasteiger partial charge in [-0.2, -0.15) is 0 Å². The van der Waals surface area contributed by atoms with Crippen LogP contribution in [-0.2, 0) is 6.54 Å². The Bertz CT molecular complexity index is 651. The molecule has 1 aliphatic rings. The Balaban J connectivity index is 1.91. The molecule has 2 aromatic rings. The van der Waals surface area contributed by atoms with Crippen LogP contribution in [0.5, 0.6) is 0 Å². The van der Waals surface area contributed by atoms with Gasteiger partial charge in [0.1, 0.15) is 11.9 Å². The summed E-state index contributed by atoms with van der Waals surface area (Å²) in [5, 5.41) is 10.1. The molecule has 1 fully saturated rings. The van der Waals surface area contributed by atoms with Gasteiger partial charge < -0.3 is 9.67 Å². The number of aryl methyl sites for hydroxylation is 3. The first-order valence-electron chi connectivity index (χ1n) is 8.71. The van der Waals surface area contributed by atoms with Crippen LogP contribution in [0.2, 0.25) is 0 Å². The fraction of sp³-hybridized carbons (Fsp3) is 0.632. The van der Waals surface area contributed by atoms with Crippen LogP contribution in [0.3, 0.4) is 0 Å². The van der Waals surface area contributed by atoms with Gasteiger partial charge in [-0.1, -0.05) is 32.1 Å². The van der Waals surface area contributed by atoms with E-state index < -0.39 is 6.10 Å². The number of benzene rings is 1. The van der Waals surface area contributed by atoms with E-state index in [-0.39, 0.29) is 0 Å². The smallest absolute Gasteiger partial charge is 0.138 e. The second-order valence-electron chi connectivity index (χ2n) is 7.02. The van der Waals surface area contributed by atoms with Crippen molar-refractivity contribution in [2.24, 2.45) is 5.92 Å². The van der Waals surface area contributed by atoms with Crippen molar-refractivity contribution in [3.8, 4) is 0 Å². The van der Waals surface area contributed by atoms with Crippen molar-refractivity contribution in [2.75, 3.05) is 0 Å². The van der Waals surface area contributed by atoms with Crippen molar-refractivity contribution in [1.82, 2.24) is 9.55 Å². The second-order valence-corrected chi connectivity index (χ2v) is 7.02. The molecule has 0 amide bonds. The van der Waals surface area contributed by atoms with E-state index in [0.717, 1.165) is 23.8 Å². The molecular weight excluding hydrogens is 272 g/mol. The average Bonchev–Trinajstić information content (AvgIpc) is 2.85. The monoisotopic (exact) mass is 300 g/mol. The first-order valence-corrected chi connectivity index (χ1v) is 8.71. The fourth-order valence-electron chi connectivity index (χ4n) is 3.74. The summed E-state index contributed by atoms with van der Waals surface area (Å²) in [7, 11) is 0. The van der Waals surface area contributed by atoms with E-state index in [2.05, 4.69) is 30.5 Å². The standard InChI is InChI=1S/C19H28N2O/c1-13-11-17-18(12-14(13)2)21(19(20-17)15(3)22)10-9-16-7-5-4-6-8-16/h11-12,15-16,22H,4-10H2,1-3H3. The second kappa shape index (κ2) is 6.41. The summed E-state index contributed by atoms with van der Waals surface area (Å²) in [5.74, 6) is 1.66. The lowest BCUT2D eigenvalue weighted by atomic mass is 9.87. The van der Waals surface area contributed by atoms with Crippen molar-refractivity contribution in [2.45, 2.75) is 71.9 Å². The Kier molecular flexibility index (Phi) is 4.53. The van der Waals surface area contributed by atoms with E-state index in [0.29, 0.717) is 0 Å². The molecule has 120 valence electrons. The Morgan fingerprint density at radius 3 is 2.55 bits per heavy atom. The number of rotatable bonds is 4. The molecular formula is C19H28N2O. The summed E-state index contributed by atoms with van der Waals surface area (Å²) >= 11 is 0. The molecule has 0 radical (unpaired) electrons. The fourth-order valence-corrected chi connectivity index (χ4v) is 3.74. The van der Waals surface area contributed by atoms with E-state index in [1.807, 2.05) is 6.92 Å². The lowest BCUT2D eigenvalue weighted by Gasteiger charge is -2.22. The minimum atomic E-state index is -0.514. The molecule has 0 spiro atoms. The van der Waals surface area contributed by atoms with Gasteiger partial charge in [0.15, 0.2) is 0 Å². The van der Waals surface area contributed by atoms with Gasteiger partial charge in [-0.15, -0.1) is 0 Å². The lowest BCUT2D eigenvalue weighted by molar-refractivity contribution is 0.183. The molecule has 1 atom stereocenters. The SMILES string of the molecule is Cc1cc2nc(C(C)O)n(CCC3CCCCC3)c2cc1C. The van der Waals surface area contributed by atoms with Gasteiger partial charge in [0.25, 0.3) is 0 Å². The topological polar surface area (TPSA) is 38.1 Å². The third-order valence-electron chi connectivity index (χ3n) is 5.25. The molecule has 1 N–H and O–H groups in total. The summed E-state index contributed by atoms with van der Waals surface area (Å²) in [6.45, 7) is 7.06. The maximum atomic E-state index is 10.1. The number of nitrogens with zero attached hydrogens (tertiary/aromatic N) is 2. The molecule has 0 saturated heterocycles. The highest BCUT2D eigenvalue weighted by Gasteiger charge is 2.18. The molecule has 0 bridgehead atoms. The lowest BCUT2D eigenvalue weighted by Crippen LogP contribution is -2.13. The zero-order chi connectivity index (χ0) is 15.7. The van der Waals surface area contributed by atoms with Crippen LogP contribution < -0.4 is 0 Å². The molecule has 22 heavy (non-hydrogen) atoms. The summed E-state index contributed by atoms with van der Waals surface area (Å²) in [4.78, 5) is 4.69. The zero-order valence-corrected chi connectivity index (χ0v) is 14.1. The summed E-state index contributed by atoms with van der Waals surface area (Å²) < 4.78 is 2.25. The maximum absolute atomic E-state index is 10.1. The number of fused-ring (bicyclic) bond motifs is 1. The molecule has 3 rings (SSSR count). The number of aromatic nitrogens is 2. The van der Waals surface area contributed by atoms with E-state index in [1.54, 1.807) is 0 Å². The Labute approximate surface area is 133 Å². The Hall–Kier alpha value is -1.35. The van der Waals surface area contributed by atoms with Gasteiger partial charge in [0.2, 0.25) is 0 Å². The van der Waals surface area contributed by atoms with Gasteiger partial charge in [-0.05, 0) is 56.4 Å². The maximum Gasteiger partial charge on any atom is 0.138 e. The van der Waals surface area contributed by atoms with Crippen LogP contribution in [0.1, 0.15) is 68.5 Å². The number of aliphatic hydroxyl groups is 1. The van der Waals surface area contributed by atoms with Crippen LogP contribution in [-0.4, -0.2) is 14.7 Å². The van der Waals surface area contributed by atoms with Crippen molar-refractivity contribution in [3.63, 3.8) is 0 Å². The highest BCUT2D eigenvalue weighted by Crippen LogP contribution is 2.29. The van der Waals surface area contributed by atoms with Crippen molar-refractivity contribution in [3.05, 3.63) is 29.1 Å². The molecule has 0 aliphatic heterocycles. The van der Waals surface area contributed by atoms with Gasteiger partial charge in [0, 0.05) is 6.54 Å². The Morgan fingerprint density at radius 2 is 1.86 bits per heavy atom. The quantitative estimate of drug-likeness (QED) is 0.890. The molecule has 3 nitrogen and oxygen atoms in total. The van der Waals surface area contributed by atoms with Crippen LogP contribution in [0, 0.1) is 19.8 Å². The minimum Gasteiger partial charge on any atom is -0.385 e. The number of aliphatic hydroxyl groups excluding tert-OH is 1. The highest BCUT2D eigenvalue weighted by atomic mass is 16.3. The molecule has 1 saturated carbocycles. The minimum absolute atomic E-state index is 0.514. The molecule has 3 heteroatoms. The zero-order valence-electron chi connectivity index (χ0n) is 14.1. The number of hydrogen-bond donors (Lipinski definition) is 1. The van der Waals surface area contributed by atoms with Crippen LogP contribution >= 0.6 is 0 Å². The summed E-state index contributed by atoms with van der Waals surface area (Å²) in [6, 6.07) is 4.37. The van der Waals surface area contributed by atoms with Crippen molar-refractivity contribution in [1.29, 1.82) is 0 Å². The Morgan fingerprint density at radius 1 is 1.18 bits per heavy atom. The molecule has 1 heterocycles. The predicted octanol–water partition coefficient (Wildman–Crippen LogP) is 4.68. The van der Waals surface area contributed by atoms with E-state index in [9.17, 15) is 5.11 Å². The van der Waals surface area contributed by atoms with Gasteiger partial charge in [-0.3, -0.25) is 0 Å².